The first-order valence-electron chi connectivity index (χ1n) is 9.26. The molecule has 0 bridgehead atoms. The number of likely N-dealkylation sites (N-methyl/N-ethyl adjacent to an activating group) is 1. The second-order valence-corrected chi connectivity index (χ2v) is 7.11. The Kier molecular flexibility index (Phi) is 4.77. The van der Waals surface area contributed by atoms with Crippen LogP contribution >= 0.6 is 0 Å². The van der Waals surface area contributed by atoms with Crippen LogP contribution in [0.15, 0.2) is 47.2 Å². The second-order valence-electron chi connectivity index (χ2n) is 7.11. The largest absolute Gasteiger partial charge is 0.352 e. The van der Waals surface area contributed by atoms with Gasteiger partial charge in [-0.1, -0.05) is 5.57 Å². The number of rotatable bonds is 4. The Morgan fingerprint density at radius 2 is 1.90 bits per heavy atom. The third kappa shape index (κ3) is 3.05. The number of hydrogen-bond acceptors (Lipinski definition) is 5. The lowest BCUT2D eigenvalue weighted by molar-refractivity contribution is -0.129. The Labute approximate surface area is 166 Å². The molecule has 29 heavy (non-hydrogen) atoms. The molecule has 4 rings (SSSR count). The number of hydrogen-bond donors (Lipinski definition) is 0. The molecule has 0 saturated carbocycles. The Morgan fingerprint density at radius 3 is 2.59 bits per heavy atom. The normalized spacial score (nSPS) is 18.9. The van der Waals surface area contributed by atoms with Crippen molar-refractivity contribution in [3.63, 3.8) is 0 Å². The highest BCUT2D eigenvalue weighted by molar-refractivity contribution is 5.96. The lowest BCUT2D eigenvalue weighted by Gasteiger charge is -2.44. The highest BCUT2D eigenvalue weighted by atomic mass is 19.2. The molecule has 0 spiro atoms. The molecule has 1 amide bonds. The van der Waals surface area contributed by atoms with Gasteiger partial charge in [-0.3, -0.25) is 19.4 Å². The molecule has 0 unspecified atom stereocenters. The van der Waals surface area contributed by atoms with Crippen LogP contribution in [0.4, 0.5) is 13.2 Å². The fourth-order valence-corrected chi connectivity index (χ4v) is 3.85. The van der Waals surface area contributed by atoms with Crippen molar-refractivity contribution < 1.29 is 22.8 Å². The fraction of sp³-hybridized carbons (Fsp3) is 0.350. The zero-order valence-corrected chi connectivity index (χ0v) is 16.4. The summed E-state index contributed by atoms with van der Waals surface area (Å²) < 4.78 is 42.3. The molecule has 0 aliphatic carbocycles. The number of hydroxylamine groups is 2. The zero-order chi connectivity index (χ0) is 20.9. The molecule has 9 heteroatoms. The van der Waals surface area contributed by atoms with E-state index in [1.807, 2.05) is 24.8 Å². The van der Waals surface area contributed by atoms with Crippen LogP contribution in [-0.2, 0) is 16.2 Å². The van der Waals surface area contributed by atoms with Gasteiger partial charge in [-0.15, -0.1) is 0 Å². The van der Waals surface area contributed by atoms with E-state index in [0.717, 1.165) is 23.5 Å². The SMILES string of the molecule is CCN1CC(C)=CC2=C1N1CN(OC)C=C1C(=O)N2Cc1c(F)ccc(F)c1F. The van der Waals surface area contributed by atoms with E-state index in [2.05, 4.69) is 4.90 Å². The molecule has 1 aromatic rings. The summed E-state index contributed by atoms with van der Waals surface area (Å²) in [5.41, 5.74) is 1.37. The summed E-state index contributed by atoms with van der Waals surface area (Å²) >= 11 is 0. The average molecular weight is 406 g/mol. The predicted molar refractivity (Wildman–Crippen MR) is 98.5 cm³/mol. The van der Waals surface area contributed by atoms with Crippen LogP contribution in [0, 0.1) is 17.5 Å². The Morgan fingerprint density at radius 1 is 1.17 bits per heavy atom. The number of amides is 1. The molecule has 1 aromatic carbocycles. The minimum Gasteiger partial charge on any atom is -0.352 e. The van der Waals surface area contributed by atoms with Crippen molar-refractivity contribution in [3.05, 3.63) is 70.2 Å². The van der Waals surface area contributed by atoms with Crippen molar-refractivity contribution >= 4 is 5.91 Å². The monoisotopic (exact) mass is 406 g/mol. The summed E-state index contributed by atoms with van der Waals surface area (Å²) in [6.45, 7) is 5.14. The lowest BCUT2D eigenvalue weighted by atomic mass is 10.1. The van der Waals surface area contributed by atoms with E-state index in [1.54, 1.807) is 6.20 Å². The van der Waals surface area contributed by atoms with Gasteiger partial charge in [0, 0.05) is 18.7 Å². The number of nitrogens with zero attached hydrogens (tertiary/aromatic N) is 4. The highest BCUT2D eigenvalue weighted by Gasteiger charge is 2.43. The van der Waals surface area contributed by atoms with Gasteiger partial charge in [0.2, 0.25) is 0 Å². The van der Waals surface area contributed by atoms with E-state index in [4.69, 9.17) is 4.84 Å². The van der Waals surface area contributed by atoms with Crippen LogP contribution in [-0.4, -0.2) is 52.5 Å². The number of benzene rings is 1. The van der Waals surface area contributed by atoms with Crippen LogP contribution < -0.4 is 0 Å². The molecule has 3 aliphatic rings. The van der Waals surface area contributed by atoms with Crippen LogP contribution in [0.5, 0.6) is 0 Å². The Hall–Kier alpha value is -2.94. The molecule has 3 heterocycles. The summed E-state index contributed by atoms with van der Waals surface area (Å²) in [5, 5.41) is 1.50. The van der Waals surface area contributed by atoms with Crippen molar-refractivity contribution in [3.8, 4) is 0 Å². The van der Waals surface area contributed by atoms with Crippen molar-refractivity contribution in [2.75, 3.05) is 26.9 Å². The fourth-order valence-electron chi connectivity index (χ4n) is 3.85. The van der Waals surface area contributed by atoms with Gasteiger partial charge < -0.3 is 4.90 Å². The van der Waals surface area contributed by atoms with E-state index in [0.29, 0.717) is 31.2 Å². The smallest absolute Gasteiger partial charge is 0.277 e. The topological polar surface area (TPSA) is 39.3 Å². The summed E-state index contributed by atoms with van der Waals surface area (Å²) in [6.07, 6.45) is 3.39. The maximum Gasteiger partial charge on any atom is 0.277 e. The standard InChI is InChI=1S/C20H21F3N4O2/c1-4-24-8-12(2)7-16-19(24)27-11-25(29-3)10-17(27)20(28)26(16)9-13-14(21)5-6-15(22)18(13)23/h5-7,10H,4,8-9,11H2,1-3H3. The van der Waals surface area contributed by atoms with E-state index in [1.165, 1.54) is 17.1 Å². The highest BCUT2D eigenvalue weighted by Crippen LogP contribution is 2.38. The van der Waals surface area contributed by atoms with Crippen molar-refractivity contribution in [2.45, 2.75) is 20.4 Å². The van der Waals surface area contributed by atoms with Gasteiger partial charge in [0.05, 0.1) is 25.6 Å². The first-order valence-corrected chi connectivity index (χ1v) is 9.26. The van der Waals surface area contributed by atoms with Gasteiger partial charge in [0.25, 0.3) is 5.91 Å². The van der Waals surface area contributed by atoms with E-state index < -0.39 is 35.5 Å². The van der Waals surface area contributed by atoms with E-state index in [-0.39, 0.29) is 0 Å². The van der Waals surface area contributed by atoms with Crippen LogP contribution in [0.1, 0.15) is 19.4 Å². The molecule has 0 N–H and O–H groups in total. The molecule has 0 radical (unpaired) electrons. The molecule has 0 saturated heterocycles. The summed E-state index contributed by atoms with van der Waals surface area (Å²) in [5.74, 6) is -3.03. The number of fused-ring (bicyclic) bond motifs is 2. The maximum atomic E-state index is 14.3. The lowest BCUT2D eigenvalue weighted by Crippen LogP contribution is -2.49. The third-order valence-electron chi connectivity index (χ3n) is 5.27. The van der Waals surface area contributed by atoms with Gasteiger partial charge in [-0.25, -0.2) is 18.2 Å². The minimum absolute atomic E-state index is 0.316. The van der Waals surface area contributed by atoms with Gasteiger partial charge >= 0.3 is 0 Å². The van der Waals surface area contributed by atoms with Crippen LogP contribution in [0.25, 0.3) is 0 Å². The number of halogens is 3. The third-order valence-corrected chi connectivity index (χ3v) is 5.27. The first kappa shape index (κ1) is 19.4. The van der Waals surface area contributed by atoms with E-state index in [9.17, 15) is 18.0 Å². The molecule has 154 valence electrons. The molecule has 6 nitrogen and oxygen atoms in total. The number of allylic oxidation sites excluding steroid dienone is 1. The number of carbonyl (C=O) groups is 1. The van der Waals surface area contributed by atoms with Crippen molar-refractivity contribution in [1.29, 1.82) is 0 Å². The maximum absolute atomic E-state index is 14.3. The van der Waals surface area contributed by atoms with Crippen molar-refractivity contribution in [2.24, 2.45) is 0 Å². The van der Waals surface area contributed by atoms with Crippen molar-refractivity contribution in [1.82, 2.24) is 19.8 Å². The average Bonchev–Trinajstić information content (AvgIpc) is 3.14. The Balaban J connectivity index is 1.86. The van der Waals surface area contributed by atoms with E-state index >= 15 is 0 Å². The molecular weight excluding hydrogens is 385 g/mol. The molecule has 0 aromatic heterocycles. The van der Waals surface area contributed by atoms with Crippen LogP contribution in [0.3, 0.4) is 0 Å². The molecule has 3 aliphatic heterocycles. The van der Waals surface area contributed by atoms with Gasteiger partial charge in [-0.2, -0.15) is 0 Å². The van der Waals surface area contributed by atoms with Gasteiger partial charge in [0.15, 0.2) is 11.6 Å². The molecule has 0 fully saturated rings. The summed E-state index contributed by atoms with van der Waals surface area (Å²) in [4.78, 5) is 23.7. The quantitative estimate of drug-likeness (QED) is 0.720. The minimum atomic E-state index is -1.29. The molecule has 0 atom stereocenters. The van der Waals surface area contributed by atoms with Gasteiger partial charge in [0.1, 0.15) is 24.0 Å². The summed E-state index contributed by atoms with van der Waals surface area (Å²) in [6, 6.07) is 1.60. The second kappa shape index (κ2) is 7.14. The van der Waals surface area contributed by atoms with Gasteiger partial charge in [-0.05, 0) is 32.1 Å². The first-order chi connectivity index (χ1) is 13.8. The zero-order valence-electron chi connectivity index (χ0n) is 16.4. The molecular formula is C20H21F3N4O2. The predicted octanol–water partition coefficient (Wildman–Crippen LogP) is 2.87. The number of carbonyl (C=O) groups excluding carboxylic acids is 1. The summed E-state index contributed by atoms with van der Waals surface area (Å²) in [7, 11) is 1.49. The Bertz CT molecular complexity index is 973. The van der Waals surface area contributed by atoms with Crippen LogP contribution in [0.2, 0.25) is 0 Å².